The van der Waals surface area contributed by atoms with E-state index >= 15 is 0 Å². The predicted octanol–water partition coefficient (Wildman–Crippen LogP) is 2.14. The molecule has 0 aromatic carbocycles. The van der Waals surface area contributed by atoms with Crippen LogP contribution in [0.2, 0.25) is 0 Å². The van der Waals surface area contributed by atoms with E-state index in [2.05, 4.69) is 15.2 Å². The number of alkyl halides is 3. The maximum atomic E-state index is 12.7. The minimum absolute atomic E-state index is 0.0830. The van der Waals surface area contributed by atoms with Crippen LogP contribution in [0, 0.1) is 0 Å². The fourth-order valence-corrected chi connectivity index (χ4v) is 1.32. The van der Waals surface area contributed by atoms with Crippen LogP contribution in [0.3, 0.4) is 0 Å². The number of rotatable bonds is 1. The van der Waals surface area contributed by atoms with Crippen LogP contribution in [0.25, 0.3) is 11.3 Å². The third-order valence-corrected chi connectivity index (χ3v) is 2.04. The number of hydrogen-bond acceptors (Lipinski definition) is 4. The predicted molar refractivity (Wildman–Crippen MR) is 54.7 cm³/mol. The van der Waals surface area contributed by atoms with Crippen molar-refractivity contribution in [1.29, 1.82) is 0 Å². The van der Waals surface area contributed by atoms with E-state index in [0.717, 1.165) is 6.20 Å². The molecule has 2 N–H and O–H groups in total. The van der Waals surface area contributed by atoms with Gasteiger partial charge in [0.1, 0.15) is 5.82 Å². The molecule has 0 unspecified atom stereocenters. The number of nitrogens with two attached hydrogens (primary N) is 1. The summed E-state index contributed by atoms with van der Waals surface area (Å²) >= 11 is 0. The number of nitrogens with zero attached hydrogens (tertiary/aromatic N) is 3. The van der Waals surface area contributed by atoms with E-state index in [0.29, 0.717) is 0 Å². The molecule has 0 radical (unpaired) electrons. The summed E-state index contributed by atoms with van der Waals surface area (Å²) in [5, 5.41) is 7.12. The molecule has 0 aliphatic carbocycles. The highest BCUT2D eigenvalue weighted by molar-refractivity contribution is 5.62. The summed E-state index contributed by atoms with van der Waals surface area (Å²) in [5.41, 5.74) is 4.30. The molecule has 0 bridgehead atoms. The summed E-state index contributed by atoms with van der Waals surface area (Å²) < 4.78 is 38.0. The van der Waals surface area contributed by atoms with Gasteiger partial charge in [-0.1, -0.05) is 0 Å². The Bertz CT molecular complexity index is 522. The van der Waals surface area contributed by atoms with Gasteiger partial charge in [-0.05, 0) is 24.3 Å². The van der Waals surface area contributed by atoms with Crippen molar-refractivity contribution >= 4 is 5.82 Å². The Kier molecular flexibility index (Phi) is 2.66. The van der Waals surface area contributed by atoms with Gasteiger partial charge in [0.25, 0.3) is 0 Å². The molecule has 2 rings (SSSR count). The van der Waals surface area contributed by atoms with Gasteiger partial charge in [-0.3, -0.25) is 4.98 Å². The van der Waals surface area contributed by atoms with Crippen LogP contribution in [0.4, 0.5) is 19.0 Å². The average molecular weight is 240 g/mol. The van der Waals surface area contributed by atoms with Crippen molar-refractivity contribution in [1.82, 2.24) is 15.2 Å². The highest BCUT2D eigenvalue weighted by Crippen LogP contribution is 2.34. The molecule has 0 aliphatic heterocycles. The highest BCUT2D eigenvalue weighted by Gasteiger charge is 2.35. The molecule has 0 aliphatic rings. The van der Waals surface area contributed by atoms with Crippen molar-refractivity contribution in [2.75, 3.05) is 5.73 Å². The topological polar surface area (TPSA) is 64.7 Å². The number of aromatic nitrogens is 3. The summed E-state index contributed by atoms with van der Waals surface area (Å²) in [7, 11) is 0. The molecule has 0 amide bonds. The fraction of sp³-hybridized carbons (Fsp3) is 0.100. The van der Waals surface area contributed by atoms with Crippen LogP contribution in [-0.2, 0) is 6.18 Å². The van der Waals surface area contributed by atoms with Crippen molar-refractivity contribution in [3.8, 4) is 11.3 Å². The van der Waals surface area contributed by atoms with Crippen LogP contribution < -0.4 is 5.73 Å². The minimum atomic E-state index is -4.53. The van der Waals surface area contributed by atoms with E-state index < -0.39 is 11.9 Å². The SMILES string of the molecule is Nc1ccc(-c2cccnc2C(F)(F)F)nn1. The molecule has 0 atom stereocenters. The second kappa shape index (κ2) is 4.00. The number of hydrogen-bond donors (Lipinski definition) is 1. The molecule has 4 nitrogen and oxygen atoms in total. The van der Waals surface area contributed by atoms with Gasteiger partial charge in [-0.2, -0.15) is 13.2 Å². The van der Waals surface area contributed by atoms with E-state index in [-0.39, 0.29) is 17.1 Å². The Morgan fingerprint density at radius 3 is 2.41 bits per heavy atom. The van der Waals surface area contributed by atoms with E-state index in [1.807, 2.05) is 0 Å². The molecule has 0 fully saturated rings. The summed E-state index contributed by atoms with van der Waals surface area (Å²) in [4.78, 5) is 3.32. The first-order valence-corrected chi connectivity index (χ1v) is 4.60. The van der Waals surface area contributed by atoms with Crippen molar-refractivity contribution in [2.24, 2.45) is 0 Å². The van der Waals surface area contributed by atoms with Crippen molar-refractivity contribution in [3.05, 3.63) is 36.2 Å². The maximum absolute atomic E-state index is 12.7. The summed E-state index contributed by atoms with van der Waals surface area (Å²) in [5.74, 6) is 0.145. The molecule has 88 valence electrons. The standard InChI is InChI=1S/C10H7F3N4/c11-10(12,13)9-6(2-1-5-15-9)7-3-4-8(14)17-16-7/h1-5H,(H2,14,17). The molecule has 2 heterocycles. The third kappa shape index (κ3) is 2.32. The Morgan fingerprint density at radius 1 is 1.06 bits per heavy atom. The lowest BCUT2D eigenvalue weighted by molar-refractivity contribution is -0.140. The van der Waals surface area contributed by atoms with Crippen LogP contribution in [-0.4, -0.2) is 15.2 Å². The molecular formula is C10H7F3N4. The first kappa shape index (κ1) is 11.3. The van der Waals surface area contributed by atoms with Gasteiger partial charge in [0.15, 0.2) is 5.69 Å². The number of halogens is 3. The second-order valence-electron chi connectivity index (χ2n) is 3.24. The van der Waals surface area contributed by atoms with Crippen molar-refractivity contribution in [2.45, 2.75) is 6.18 Å². The Morgan fingerprint density at radius 2 is 1.82 bits per heavy atom. The lowest BCUT2D eigenvalue weighted by Gasteiger charge is -2.10. The third-order valence-electron chi connectivity index (χ3n) is 2.04. The van der Waals surface area contributed by atoms with Crippen LogP contribution >= 0.6 is 0 Å². The monoisotopic (exact) mass is 240 g/mol. The average Bonchev–Trinajstić information content (AvgIpc) is 2.29. The van der Waals surface area contributed by atoms with Gasteiger partial charge >= 0.3 is 6.18 Å². The van der Waals surface area contributed by atoms with Gasteiger partial charge in [-0.15, -0.1) is 10.2 Å². The van der Waals surface area contributed by atoms with Gasteiger partial charge in [0.2, 0.25) is 0 Å². The normalized spacial score (nSPS) is 11.5. The van der Waals surface area contributed by atoms with Gasteiger partial charge in [-0.25, -0.2) is 0 Å². The van der Waals surface area contributed by atoms with E-state index in [1.165, 1.54) is 24.3 Å². The van der Waals surface area contributed by atoms with Crippen LogP contribution in [0.5, 0.6) is 0 Å². The molecule has 17 heavy (non-hydrogen) atoms. The molecule has 0 saturated carbocycles. The first-order valence-electron chi connectivity index (χ1n) is 4.60. The molecule has 2 aromatic heterocycles. The van der Waals surface area contributed by atoms with E-state index in [1.54, 1.807) is 0 Å². The quantitative estimate of drug-likeness (QED) is 0.829. The fourth-order valence-electron chi connectivity index (χ4n) is 1.32. The Labute approximate surface area is 94.3 Å². The zero-order chi connectivity index (χ0) is 12.5. The van der Waals surface area contributed by atoms with E-state index in [9.17, 15) is 13.2 Å². The zero-order valence-electron chi connectivity index (χ0n) is 8.44. The summed E-state index contributed by atoms with van der Waals surface area (Å²) in [6.45, 7) is 0. The number of anilines is 1. The number of nitrogen functional groups attached to an aromatic ring is 1. The summed E-state index contributed by atoms with van der Waals surface area (Å²) in [6.07, 6.45) is -3.45. The molecule has 0 saturated heterocycles. The Hall–Kier alpha value is -2.18. The lowest BCUT2D eigenvalue weighted by Crippen LogP contribution is -2.10. The van der Waals surface area contributed by atoms with E-state index in [4.69, 9.17) is 5.73 Å². The second-order valence-corrected chi connectivity index (χ2v) is 3.24. The smallest absolute Gasteiger partial charge is 0.382 e. The molecule has 7 heteroatoms. The van der Waals surface area contributed by atoms with Crippen LogP contribution in [0.1, 0.15) is 5.69 Å². The Balaban J connectivity index is 2.56. The molecule has 2 aromatic rings. The van der Waals surface area contributed by atoms with Crippen LogP contribution in [0.15, 0.2) is 30.5 Å². The minimum Gasteiger partial charge on any atom is -0.382 e. The van der Waals surface area contributed by atoms with Gasteiger partial charge in [0, 0.05) is 11.8 Å². The lowest BCUT2D eigenvalue weighted by atomic mass is 10.1. The molecular weight excluding hydrogens is 233 g/mol. The maximum Gasteiger partial charge on any atom is 0.434 e. The largest absolute Gasteiger partial charge is 0.434 e. The van der Waals surface area contributed by atoms with Gasteiger partial charge < -0.3 is 5.73 Å². The molecule has 0 spiro atoms. The summed E-state index contributed by atoms with van der Waals surface area (Å²) in [6, 6.07) is 5.45. The van der Waals surface area contributed by atoms with Crippen molar-refractivity contribution in [3.63, 3.8) is 0 Å². The zero-order valence-corrected chi connectivity index (χ0v) is 8.44. The number of pyridine rings is 1. The van der Waals surface area contributed by atoms with Crippen molar-refractivity contribution < 1.29 is 13.2 Å². The first-order chi connectivity index (χ1) is 7.98. The van der Waals surface area contributed by atoms with Gasteiger partial charge in [0.05, 0.1) is 5.69 Å². The highest BCUT2D eigenvalue weighted by atomic mass is 19.4.